The third-order valence-electron chi connectivity index (χ3n) is 19.2. The van der Waals surface area contributed by atoms with Gasteiger partial charge in [-0.15, -0.1) is 0 Å². The monoisotopic (exact) mass is 1480 g/mol. The minimum Gasteiger partial charge on any atom is -0.462 e. The molecular formula is C82H156O17P2. The van der Waals surface area contributed by atoms with Gasteiger partial charge in [-0.1, -0.05) is 349 Å². The number of unbranched alkanes of at least 4 members (excludes halogenated alkanes) is 41. The predicted octanol–water partition coefficient (Wildman–Crippen LogP) is 24.1. The van der Waals surface area contributed by atoms with Gasteiger partial charge in [-0.05, 0) is 69.1 Å². The van der Waals surface area contributed by atoms with Gasteiger partial charge in [0.15, 0.2) is 12.2 Å². The number of carbonyl (C=O) groups excluding carboxylic acids is 4. The molecule has 0 amide bonds. The van der Waals surface area contributed by atoms with Crippen molar-refractivity contribution in [3.8, 4) is 0 Å². The van der Waals surface area contributed by atoms with Crippen LogP contribution in [-0.4, -0.2) is 96.7 Å². The number of phosphoric ester groups is 2. The number of hydrogen-bond donors (Lipinski definition) is 3. The van der Waals surface area contributed by atoms with Crippen LogP contribution >= 0.6 is 15.6 Å². The predicted molar refractivity (Wildman–Crippen MR) is 414 cm³/mol. The van der Waals surface area contributed by atoms with Gasteiger partial charge in [-0.25, -0.2) is 9.13 Å². The Kier molecular flexibility index (Phi) is 70.0. The maximum atomic E-state index is 13.1. The molecule has 596 valence electrons. The van der Waals surface area contributed by atoms with E-state index < -0.39 is 97.5 Å². The van der Waals surface area contributed by atoms with E-state index in [1.54, 1.807) is 0 Å². The summed E-state index contributed by atoms with van der Waals surface area (Å²) in [5, 5.41) is 10.6. The highest BCUT2D eigenvalue weighted by molar-refractivity contribution is 7.47. The summed E-state index contributed by atoms with van der Waals surface area (Å²) in [4.78, 5) is 73.0. The fourth-order valence-corrected chi connectivity index (χ4v) is 13.6. The average Bonchev–Trinajstić information content (AvgIpc) is 0.933. The fraction of sp³-hybridized carbons (Fsp3) is 0.902. The van der Waals surface area contributed by atoms with Gasteiger partial charge in [0.05, 0.1) is 26.4 Å². The molecule has 0 bridgehead atoms. The lowest BCUT2D eigenvalue weighted by atomic mass is 9.99. The SMILES string of the molecule is CCCCCC/C=C\C=C/CCCCCCCC(=O)O[C@H](COC(=O)CCCCCCCCC(C)CC)COP(=O)(O)OC[C@H](O)COP(=O)(O)OC[C@@H](COC(=O)CCCCCCCCCCCCCC(C)C)OC(=O)CCCCCCCCCCCCCCCCCCCCC(C)CC. The summed E-state index contributed by atoms with van der Waals surface area (Å²) < 4.78 is 68.7. The van der Waals surface area contributed by atoms with Crippen molar-refractivity contribution >= 4 is 39.5 Å². The Balaban J connectivity index is 5.25. The summed E-state index contributed by atoms with van der Waals surface area (Å²) in [6.07, 6.45) is 63.3. The molecule has 0 spiro atoms. The van der Waals surface area contributed by atoms with E-state index in [0.29, 0.717) is 25.7 Å². The number of allylic oxidation sites excluding steroid dienone is 4. The number of esters is 4. The van der Waals surface area contributed by atoms with Crippen LogP contribution < -0.4 is 0 Å². The summed E-state index contributed by atoms with van der Waals surface area (Å²) in [5.41, 5.74) is 0. The maximum absolute atomic E-state index is 13.1. The van der Waals surface area contributed by atoms with Crippen LogP contribution in [0.5, 0.6) is 0 Å². The molecule has 0 saturated heterocycles. The highest BCUT2D eigenvalue weighted by Gasteiger charge is 2.30. The number of carbonyl (C=O) groups is 4. The number of aliphatic hydroxyl groups is 1. The summed E-state index contributed by atoms with van der Waals surface area (Å²) in [6, 6.07) is 0. The number of phosphoric acid groups is 2. The van der Waals surface area contributed by atoms with Crippen molar-refractivity contribution < 1.29 is 80.2 Å². The van der Waals surface area contributed by atoms with Crippen LogP contribution in [-0.2, 0) is 65.4 Å². The highest BCUT2D eigenvalue weighted by atomic mass is 31.2. The molecule has 0 saturated carbocycles. The molecule has 0 aliphatic carbocycles. The Hall–Kier alpha value is -2.46. The molecule has 0 aliphatic rings. The molecule has 0 radical (unpaired) electrons. The molecule has 0 fully saturated rings. The second-order valence-corrected chi connectivity index (χ2v) is 32.7. The van der Waals surface area contributed by atoms with Crippen molar-refractivity contribution in [2.45, 2.75) is 420 Å². The first-order chi connectivity index (χ1) is 48.8. The van der Waals surface area contributed by atoms with E-state index in [4.69, 9.17) is 37.0 Å². The quantitative estimate of drug-likeness (QED) is 0.0169. The standard InChI is InChI=1S/C82H156O17P2/c1-8-11-12-13-14-15-16-17-22-26-31-37-42-51-58-66-82(87)99-78(70-93-80(85)64-57-50-45-44-48-55-62-75(7)10-3)72-97-101(90,91)95-68-76(83)67-94-100(88,89)96-71-77(69-92-79(84)63-56-49-41-36-33-28-29-34-39-46-53-60-73(4)5)98-81(86)65-59-52-43-38-32-27-24-21-19-18-20-23-25-30-35-40-47-54-61-74(6)9-2/h15-17,22,73-78,83H,8-14,18-21,23-72H2,1-7H3,(H,88,89)(H,90,91)/b16-15-,22-17-/t74?,75?,76-,77-,78-/m1/s1. The third-order valence-corrected chi connectivity index (χ3v) is 21.1. The van der Waals surface area contributed by atoms with Gasteiger partial charge in [0.1, 0.15) is 19.3 Å². The fourth-order valence-electron chi connectivity index (χ4n) is 12.1. The van der Waals surface area contributed by atoms with Crippen LogP contribution in [0.25, 0.3) is 0 Å². The van der Waals surface area contributed by atoms with Crippen molar-refractivity contribution in [3.63, 3.8) is 0 Å². The van der Waals surface area contributed by atoms with E-state index in [1.807, 2.05) is 0 Å². The summed E-state index contributed by atoms with van der Waals surface area (Å²) >= 11 is 0. The van der Waals surface area contributed by atoms with E-state index in [-0.39, 0.29) is 25.7 Å². The van der Waals surface area contributed by atoms with Crippen LogP contribution in [0.2, 0.25) is 0 Å². The van der Waals surface area contributed by atoms with Gasteiger partial charge in [0, 0.05) is 25.7 Å². The molecule has 0 rings (SSSR count). The lowest BCUT2D eigenvalue weighted by molar-refractivity contribution is -0.161. The number of ether oxygens (including phenoxy) is 4. The van der Waals surface area contributed by atoms with Crippen LogP contribution in [0.15, 0.2) is 24.3 Å². The first kappa shape index (κ1) is 98.5. The maximum Gasteiger partial charge on any atom is 0.472 e. The number of aliphatic hydroxyl groups excluding tert-OH is 1. The molecule has 17 nitrogen and oxygen atoms in total. The average molecular weight is 1480 g/mol. The van der Waals surface area contributed by atoms with E-state index in [1.165, 1.54) is 193 Å². The minimum absolute atomic E-state index is 0.0840. The largest absolute Gasteiger partial charge is 0.472 e. The molecule has 7 atom stereocenters. The number of hydrogen-bond acceptors (Lipinski definition) is 15. The van der Waals surface area contributed by atoms with E-state index in [9.17, 15) is 43.2 Å². The molecule has 0 aromatic heterocycles. The van der Waals surface area contributed by atoms with Gasteiger partial charge in [0.2, 0.25) is 0 Å². The van der Waals surface area contributed by atoms with Crippen LogP contribution in [0.4, 0.5) is 0 Å². The molecule has 0 heterocycles. The zero-order chi connectivity index (χ0) is 74.4. The molecular weight excluding hydrogens is 1320 g/mol. The molecule has 0 aliphatic heterocycles. The smallest absolute Gasteiger partial charge is 0.462 e. The van der Waals surface area contributed by atoms with Crippen molar-refractivity contribution in [1.29, 1.82) is 0 Å². The van der Waals surface area contributed by atoms with Gasteiger partial charge in [-0.3, -0.25) is 37.3 Å². The van der Waals surface area contributed by atoms with Crippen LogP contribution in [0.3, 0.4) is 0 Å². The molecule has 101 heavy (non-hydrogen) atoms. The highest BCUT2D eigenvalue weighted by Crippen LogP contribution is 2.45. The summed E-state index contributed by atoms with van der Waals surface area (Å²) in [5.74, 6) is 0.224. The first-order valence-electron chi connectivity index (χ1n) is 41.7. The van der Waals surface area contributed by atoms with Gasteiger partial charge in [0.25, 0.3) is 0 Å². The van der Waals surface area contributed by atoms with E-state index >= 15 is 0 Å². The zero-order valence-corrected chi connectivity index (χ0v) is 67.6. The Morgan fingerprint density at radius 3 is 0.881 bits per heavy atom. The van der Waals surface area contributed by atoms with Crippen LogP contribution in [0.1, 0.15) is 402 Å². The second-order valence-electron chi connectivity index (χ2n) is 29.8. The Morgan fingerprint density at radius 2 is 0.584 bits per heavy atom. The number of rotatable bonds is 78. The van der Waals surface area contributed by atoms with Gasteiger partial charge in [-0.2, -0.15) is 0 Å². The van der Waals surface area contributed by atoms with E-state index in [0.717, 1.165) is 127 Å². The lowest BCUT2D eigenvalue weighted by Crippen LogP contribution is -2.30. The van der Waals surface area contributed by atoms with Crippen molar-refractivity contribution in [1.82, 2.24) is 0 Å². The van der Waals surface area contributed by atoms with Crippen LogP contribution in [0, 0.1) is 17.8 Å². The third kappa shape index (κ3) is 72.9. The van der Waals surface area contributed by atoms with Gasteiger partial charge >= 0.3 is 39.5 Å². The normalized spacial score (nSPS) is 14.6. The van der Waals surface area contributed by atoms with E-state index in [2.05, 4.69) is 72.8 Å². The summed E-state index contributed by atoms with van der Waals surface area (Å²) in [7, 11) is -9.93. The molecule has 19 heteroatoms. The van der Waals surface area contributed by atoms with Crippen molar-refractivity contribution in [2.24, 2.45) is 17.8 Å². The Labute approximate surface area is 618 Å². The summed E-state index contributed by atoms with van der Waals surface area (Å²) in [6.45, 7) is 11.9. The second kappa shape index (κ2) is 71.8. The lowest BCUT2D eigenvalue weighted by Gasteiger charge is -2.21. The molecule has 0 aromatic carbocycles. The van der Waals surface area contributed by atoms with Crippen molar-refractivity contribution in [2.75, 3.05) is 39.6 Å². The molecule has 0 aromatic rings. The Morgan fingerprint density at radius 1 is 0.327 bits per heavy atom. The van der Waals surface area contributed by atoms with Crippen molar-refractivity contribution in [3.05, 3.63) is 24.3 Å². The minimum atomic E-state index is -4.97. The van der Waals surface area contributed by atoms with Gasteiger partial charge < -0.3 is 33.8 Å². The molecule has 3 N–H and O–H groups in total. The first-order valence-corrected chi connectivity index (χ1v) is 44.7. The molecule has 4 unspecified atom stereocenters. The zero-order valence-electron chi connectivity index (χ0n) is 65.9. The topological polar surface area (TPSA) is 237 Å². The Bertz CT molecular complexity index is 2060.